The summed E-state index contributed by atoms with van der Waals surface area (Å²) in [6.07, 6.45) is 8.65. The molecule has 1 rings (SSSR count). The zero-order valence-corrected chi connectivity index (χ0v) is 18.0. The van der Waals surface area contributed by atoms with Crippen molar-refractivity contribution in [1.29, 1.82) is 0 Å². The monoisotopic (exact) mass is 404 g/mol. The van der Waals surface area contributed by atoms with E-state index in [9.17, 15) is 20.4 Å². The molecule has 1 aliphatic rings. The van der Waals surface area contributed by atoms with Crippen molar-refractivity contribution in [2.75, 3.05) is 13.2 Å². The van der Waals surface area contributed by atoms with Gasteiger partial charge in [-0.05, 0) is 18.8 Å². The summed E-state index contributed by atoms with van der Waals surface area (Å²) >= 11 is 0. The molecule has 6 atom stereocenters. The highest BCUT2D eigenvalue weighted by Gasteiger charge is 2.44. The van der Waals surface area contributed by atoms with Crippen LogP contribution in [0.5, 0.6) is 0 Å². The smallest absolute Gasteiger partial charge is 0.186 e. The molecular formula is C22H44O6. The van der Waals surface area contributed by atoms with E-state index in [0.29, 0.717) is 12.5 Å². The van der Waals surface area contributed by atoms with Gasteiger partial charge >= 0.3 is 0 Å². The van der Waals surface area contributed by atoms with Gasteiger partial charge in [-0.1, -0.05) is 78.1 Å². The zero-order valence-electron chi connectivity index (χ0n) is 18.0. The minimum Gasteiger partial charge on any atom is -0.394 e. The highest BCUT2D eigenvalue weighted by molar-refractivity contribution is 4.88. The molecule has 0 aromatic carbocycles. The summed E-state index contributed by atoms with van der Waals surface area (Å²) in [7, 11) is 0. The molecule has 1 saturated heterocycles. The minimum atomic E-state index is -1.38. The summed E-state index contributed by atoms with van der Waals surface area (Å²) in [5.41, 5.74) is 0. The summed E-state index contributed by atoms with van der Waals surface area (Å²) < 4.78 is 11.3. The first-order chi connectivity index (χ1) is 13.5. The summed E-state index contributed by atoms with van der Waals surface area (Å²) in [6.45, 7) is 4.46. The van der Waals surface area contributed by atoms with Crippen LogP contribution in [0.3, 0.4) is 0 Å². The van der Waals surface area contributed by atoms with E-state index in [4.69, 9.17) is 9.47 Å². The average molecular weight is 405 g/mol. The third kappa shape index (κ3) is 9.51. The van der Waals surface area contributed by atoms with E-state index in [1.807, 2.05) is 0 Å². The molecule has 0 aliphatic carbocycles. The minimum absolute atomic E-state index is 0.399. The van der Waals surface area contributed by atoms with E-state index in [0.717, 1.165) is 12.8 Å². The standard InChI is InChI=1S/C22H44O6/c1-3-5-7-9-10-12-14-17(13-11-8-6-4-2)16-27-22-21(26)20(25)19(24)18(15-23)28-22/h17-26H,3-16H2,1-2H3/t17?,18-,19-,20+,21-,22?/m1/s1. The average Bonchev–Trinajstić information content (AvgIpc) is 2.70. The zero-order chi connectivity index (χ0) is 20.8. The van der Waals surface area contributed by atoms with Gasteiger partial charge in [-0.3, -0.25) is 0 Å². The van der Waals surface area contributed by atoms with Crippen LogP contribution in [0.25, 0.3) is 0 Å². The van der Waals surface area contributed by atoms with E-state index in [1.54, 1.807) is 0 Å². The van der Waals surface area contributed by atoms with E-state index in [1.165, 1.54) is 64.2 Å². The number of hydrogen-bond acceptors (Lipinski definition) is 6. The molecule has 1 aliphatic heterocycles. The van der Waals surface area contributed by atoms with Crippen molar-refractivity contribution in [3.8, 4) is 0 Å². The first kappa shape index (κ1) is 25.8. The second-order valence-electron chi connectivity index (χ2n) is 8.30. The van der Waals surface area contributed by atoms with Gasteiger partial charge in [0.25, 0.3) is 0 Å². The second-order valence-corrected chi connectivity index (χ2v) is 8.30. The molecule has 1 heterocycles. The molecule has 0 spiro atoms. The summed E-state index contributed by atoms with van der Waals surface area (Å²) in [5.74, 6) is 0.399. The summed E-state index contributed by atoms with van der Waals surface area (Å²) in [6, 6.07) is 0. The Kier molecular flexibility index (Phi) is 14.4. The molecule has 6 nitrogen and oxygen atoms in total. The van der Waals surface area contributed by atoms with Crippen molar-refractivity contribution in [1.82, 2.24) is 0 Å². The number of aliphatic hydroxyl groups excluding tert-OH is 4. The predicted molar refractivity (Wildman–Crippen MR) is 110 cm³/mol. The van der Waals surface area contributed by atoms with Crippen LogP contribution in [0.1, 0.15) is 90.9 Å². The molecule has 0 saturated carbocycles. The predicted octanol–water partition coefficient (Wildman–Crippen LogP) is 3.14. The maximum atomic E-state index is 10.1. The quantitative estimate of drug-likeness (QED) is 0.295. The topological polar surface area (TPSA) is 99.4 Å². The molecule has 0 bridgehead atoms. The van der Waals surface area contributed by atoms with Crippen molar-refractivity contribution in [3.05, 3.63) is 0 Å². The van der Waals surface area contributed by atoms with Crippen molar-refractivity contribution < 1.29 is 29.9 Å². The van der Waals surface area contributed by atoms with Gasteiger partial charge in [-0.25, -0.2) is 0 Å². The lowest BCUT2D eigenvalue weighted by Gasteiger charge is -2.40. The fourth-order valence-corrected chi connectivity index (χ4v) is 3.82. The van der Waals surface area contributed by atoms with E-state index in [-0.39, 0.29) is 0 Å². The molecule has 4 N–H and O–H groups in total. The van der Waals surface area contributed by atoms with Crippen LogP contribution in [0.4, 0.5) is 0 Å². The number of ether oxygens (including phenoxy) is 2. The Bertz CT molecular complexity index is 365. The lowest BCUT2D eigenvalue weighted by molar-refractivity contribution is -0.303. The van der Waals surface area contributed by atoms with E-state index >= 15 is 0 Å². The van der Waals surface area contributed by atoms with Gasteiger partial charge in [0.1, 0.15) is 24.4 Å². The molecule has 28 heavy (non-hydrogen) atoms. The number of rotatable bonds is 16. The molecule has 0 aromatic rings. The number of aliphatic hydroxyl groups is 4. The number of unbranched alkanes of at least 4 members (excludes halogenated alkanes) is 8. The Balaban J connectivity index is 2.44. The molecule has 6 heteroatoms. The molecule has 1 fully saturated rings. The highest BCUT2D eigenvalue weighted by Crippen LogP contribution is 2.25. The lowest BCUT2D eigenvalue weighted by Crippen LogP contribution is -2.59. The van der Waals surface area contributed by atoms with Crippen LogP contribution in [0.15, 0.2) is 0 Å². The van der Waals surface area contributed by atoms with Crippen LogP contribution in [-0.4, -0.2) is 64.3 Å². The van der Waals surface area contributed by atoms with Gasteiger partial charge in [0.15, 0.2) is 6.29 Å². The Morgan fingerprint density at radius 3 is 1.86 bits per heavy atom. The molecule has 0 radical (unpaired) electrons. The van der Waals surface area contributed by atoms with Gasteiger partial charge in [-0.15, -0.1) is 0 Å². The normalized spacial score (nSPS) is 29.1. The Morgan fingerprint density at radius 2 is 1.29 bits per heavy atom. The first-order valence-electron chi connectivity index (χ1n) is 11.5. The maximum absolute atomic E-state index is 10.1. The van der Waals surface area contributed by atoms with Gasteiger partial charge in [0.2, 0.25) is 0 Å². The van der Waals surface area contributed by atoms with Crippen LogP contribution in [0.2, 0.25) is 0 Å². The Labute approximate surface area is 171 Å². The maximum Gasteiger partial charge on any atom is 0.186 e. The molecule has 0 amide bonds. The SMILES string of the molecule is CCCCCCCCC(CCCCCC)COC1O[C@H](CO)[C@@H](O)[C@H](O)[C@H]1O. The summed E-state index contributed by atoms with van der Waals surface area (Å²) in [5, 5.41) is 39.2. The molecular weight excluding hydrogens is 360 g/mol. The highest BCUT2D eigenvalue weighted by atomic mass is 16.7. The van der Waals surface area contributed by atoms with Crippen LogP contribution < -0.4 is 0 Å². The van der Waals surface area contributed by atoms with Crippen LogP contribution in [-0.2, 0) is 9.47 Å². The first-order valence-corrected chi connectivity index (χ1v) is 11.5. The third-order valence-corrected chi connectivity index (χ3v) is 5.78. The van der Waals surface area contributed by atoms with E-state index < -0.39 is 37.3 Å². The fourth-order valence-electron chi connectivity index (χ4n) is 3.82. The largest absolute Gasteiger partial charge is 0.394 e. The Morgan fingerprint density at radius 1 is 0.750 bits per heavy atom. The molecule has 0 aromatic heterocycles. The van der Waals surface area contributed by atoms with Crippen molar-refractivity contribution in [3.63, 3.8) is 0 Å². The van der Waals surface area contributed by atoms with Crippen LogP contribution >= 0.6 is 0 Å². The van der Waals surface area contributed by atoms with Gasteiger partial charge in [0, 0.05) is 0 Å². The molecule has 168 valence electrons. The Hall–Kier alpha value is -0.240. The lowest BCUT2D eigenvalue weighted by atomic mass is 9.94. The fraction of sp³-hybridized carbons (Fsp3) is 1.00. The third-order valence-electron chi connectivity index (χ3n) is 5.78. The second kappa shape index (κ2) is 15.6. The van der Waals surface area contributed by atoms with E-state index in [2.05, 4.69) is 13.8 Å². The van der Waals surface area contributed by atoms with Gasteiger partial charge in [0.05, 0.1) is 13.2 Å². The van der Waals surface area contributed by atoms with Gasteiger partial charge < -0.3 is 29.9 Å². The molecule has 2 unspecified atom stereocenters. The van der Waals surface area contributed by atoms with Crippen LogP contribution in [0, 0.1) is 5.92 Å². The summed E-state index contributed by atoms with van der Waals surface area (Å²) in [4.78, 5) is 0. The number of hydrogen-bond donors (Lipinski definition) is 4. The van der Waals surface area contributed by atoms with Crippen molar-refractivity contribution >= 4 is 0 Å². The van der Waals surface area contributed by atoms with Crippen molar-refractivity contribution in [2.24, 2.45) is 5.92 Å². The van der Waals surface area contributed by atoms with Crippen molar-refractivity contribution in [2.45, 2.75) is 122 Å². The van der Waals surface area contributed by atoms with Gasteiger partial charge in [-0.2, -0.15) is 0 Å².